The standard InChI is InChI=1S/C6H13NO2/c1-3-9-6(7)4-5(2)8/h5,7-8H,3-4H2,1-2H3. The topological polar surface area (TPSA) is 53.3 Å². The van der Waals surface area contributed by atoms with Crippen LogP contribution in [0.5, 0.6) is 0 Å². The van der Waals surface area contributed by atoms with Crippen LogP contribution in [0.2, 0.25) is 0 Å². The Balaban J connectivity index is 3.27. The van der Waals surface area contributed by atoms with E-state index in [2.05, 4.69) is 0 Å². The predicted octanol–water partition coefficient (Wildman–Crippen LogP) is 0.771. The van der Waals surface area contributed by atoms with Gasteiger partial charge in [-0.2, -0.15) is 0 Å². The molecule has 0 aliphatic rings. The Morgan fingerprint density at radius 1 is 1.78 bits per heavy atom. The van der Waals surface area contributed by atoms with E-state index in [9.17, 15) is 0 Å². The summed E-state index contributed by atoms with van der Waals surface area (Å²) in [6.07, 6.45) is -0.155. The second kappa shape index (κ2) is 4.32. The van der Waals surface area contributed by atoms with Crippen LogP contribution in [0.25, 0.3) is 0 Å². The molecule has 3 nitrogen and oxygen atoms in total. The Hall–Kier alpha value is -0.570. The maximum Gasteiger partial charge on any atom is 0.182 e. The van der Waals surface area contributed by atoms with Crippen molar-refractivity contribution in [2.45, 2.75) is 26.4 Å². The summed E-state index contributed by atoms with van der Waals surface area (Å²) >= 11 is 0. The largest absolute Gasteiger partial charge is 0.481 e. The molecule has 3 heteroatoms. The zero-order chi connectivity index (χ0) is 7.28. The van der Waals surface area contributed by atoms with E-state index in [0.29, 0.717) is 13.0 Å². The highest BCUT2D eigenvalue weighted by molar-refractivity contribution is 5.72. The van der Waals surface area contributed by atoms with Crippen LogP contribution in [0, 0.1) is 5.41 Å². The van der Waals surface area contributed by atoms with E-state index in [4.69, 9.17) is 15.3 Å². The molecule has 0 rings (SSSR count). The molecule has 0 aliphatic heterocycles. The van der Waals surface area contributed by atoms with E-state index < -0.39 is 6.10 Å². The van der Waals surface area contributed by atoms with E-state index >= 15 is 0 Å². The molecule has 9 heavy (non-hydrogen) atoms. The lowest BCUT2D eigenvalue weighted by Crippen LogP contribution is -2.11. The highest BCUT2D eigenvalue weighted by atomic mass is 16.5. The quantitative estimate of drug-likeness (QED) is 0.439. The van der Waals surface area contributed by atoms with E-state index in [1.54, 1.807) is 6.92 Å². The third-order valence-electron chi connectivity index (χ3n) is 0.799. The normalized spacial score (nSPS) is 12.8. The van der Waals surface area contributed by atoms with Gasteiger partial charge in [-0.1, -0.05) is 0 Å². The molecular weight excluding hydrogens is 118 g/mol. The van der Waals surface area contributed by atoms with E-state index in [1.165, 1.54) is 0 Å². The highest BCUT2D eigenvalue weighted by Crippen LogP contribution is 1.92. The van der Waals surface area contributed by atoms with Crippen molar-refractivity contribution in [1.82, 2.24) is 0 Å². The number of hydrogen-bond acceptors (Lipinski definition) is 3. The van der Waals surface area contributed by atoms with Crippen molar-refractivity contribution < 1.29 is 9.84 Å². The molecule has 0 aliphatic carbocycles. The summed E-state index contributed by atoms with van der Waals surface area (Å²) in [6, 6.07) is 0. The number of hydrogen-bond donors (Lipinski definition) is 2. The van der Waals surface area contributed by atoms with Crippen LogP contribution in [-0.4, -0.2) is 23.7 Å². The summed E-state index contributed by atoms with van der Waals surface area (Å²) in [4.78, 5) is 0. The van der Waals surface area contributed by atoms with Crippen LogP contribution in [0.4, 0.5) is 0 Å². The Morgan fingerprint density at radius 3 is 2.67 bits per heavy atom. The summed E-state index contributed by atoms with van der Waals surface area (Å²) < 4.78 is 4.78. The lowest BCUT2D eigenvalue weighted by molar-refractivity contribution is 0.189. The smallest absolute Gasteiger partial charge is 0.182 e. The summed E-state index contributed by atoms with van der Waals surface area (Å²) in [5.41, 5.74) is 0. The third kappa shape index (κ3) is 5.30. The zero-order valence-electron chi connectivity index (χ0n) is 5.85. The number of ether oxygens (including phenoxy) is 1. The first-order valence-electron chi connectivity index (χ1n) is 3.05. The van der Waals surface area contributed by atoms with Crippen LogP contribution in [0.1, 0.15) is 20.3 Å². The van der Waals surface area contributed by atoms with Gasteiger partial charge in [0, 0.05) is 6.42 Å². The van der Waals surface area contributed by atoms with Gasteiger partial charge in [0.05, 0.1) is 12.7 Å². The zero-order valence-corrected chi connectivity index (χ0v) is 5.85. The number of aliphatic hydroxyl groups is 1. The van der Waals surface area contributed by atoms with Gasteiger partial charge in [0.1, 0.15) is 0 Å². The minimum Gasteiger partial charge on any atom is -0.481 e. The van der Waals surface area contributed by atoms with E-state index in [-0.39, 0.29) is 5.90 Å². The van der Waals surface area contributed by atoms with Crippen LogP contribution in [0.15, 0.2) is 0 Å². The van der Waals surface area contributed by atoms with Crippen molar-refractivity contribution in [1.29, 1.82) is 5.41 Å². The van der Waals surface area contributed by atoms with Crippen molar-refractivity contribution in [2.24, 2.45) is 0 Å². The van der Waals surface area contributed by atoms with Crippen molar-refractivity contribution in [2.75, 3.05) is 6.61 Å². The Labute approximate surface area is 55.2 Å². The maximum absolute atomic E-state index is 8.73. The summed E-state index contributed by atoms with van der Waals surface area (Å²) in [5, 5.41) is 15.8. The SMILES string of the molecule is CCOC(=N)CC(C)O. The van der Waals surface area contributed by atoms with E-state index in [1.807, 2.05) is 6.92 Å². The fraction of sp³-hybridized carbons (Fsp3) is 0.833. The Morgan fingerprint density at radius 2 is 2.33 bits per heavy atom. The average Bonchev–Trinajstić information content (AvgIpc) is 1.63. The predicted molar refractivity (Wildman–Crippen MR) is 35.7 cm³/mol. The van der Waals surface area contributed by atoms with E-state index in [0.717, 1.165) is 0 Å². The Kier molecular flexibility index (Phi) is 4.05. The van der Waals surface area contributed by atoms with Crippen molar-refractivity contribution >= 4 is 5.90 Å². The molecule has 0 aromatic carbocycles. The molecule has 1 unspecified atom stereocenters. The highest BCUT2D eigenvalue weighted by Gasteiger charge is 2.00. The number of rotatable bonds is 3. The molecule has 0 spiro atoms. The minimum atomic E-state index is -0.468. The summed E-state index contributed by atoms with van der Waals surface area (Å²) in [6.45, 7) is 3.95. The first-order chi connectivity index (χ1) is 4.16. The fourth-order valence-corrected chi connectivity index (χ4v) is 0.501. The van der Waals surface area contributed by atoms with Gasteiger partial charge in [-0.05, 0) is 13.8 Å². The van der Waals surface area contributed by atoms with Crippen LogP contribution in [-0.2, 0) is 4.74 Å². The molecule has 0 amide bonds. The maximum atomic E-state index is 8.73. The van der Waals surface area contributed by atoms with Gasteiger partial charge < -0.3 is 9.84 Å². The van der Waals surface area contributed by atoms with Crippen molar-refractivity contribution in [3.8, 4) is 0 Å². The second-order valence-corrected chi connectivity index (χ2v) is 1.91. The van der Waals surface area contributed by atoms with Crippen LogP contribution in [0.3, 0.4) is 0 Å². The molecule has 0 saturated heterocycles. The molecule has 1 atom stereocenters. The first-order valence-corrected chi connectivity index (χ1v) is 3.05. The molecule has 0 aromatic heterocycles. The minimum absolute atomic E-state index is 0.160. The second-order valence-electron chi connectivity index (χ2n) is 1.91. The monoisotopic (exact) mass is 131 g/mol. The molecule has 0 radical (unpaired) electrons. The number of nitrogens with one attached hydrogen (secondary N) is 1. The molecule has 54 valence electrons. The van der Waals surface area contributed by atoms with Crippen LogP contribution < -0.4 is 0 Å². The van der Waals surface area contributed by atoms with Crippen molar-refractivity contribution in [3.63, 3.8) is 0 Å². The summed E-state index contributed by atoms with van der Waals surface area (Å²) in [7, 11) is 0. The average molecular weight is 131 g/mol. The molecule has 0 aromatic rings. The molecule has 0 heterocycles. The molecule has 0 saturated carbocycles. The summed E-state index contributed by atoms with van der Waals surface area (Å²) in [5.74, 6) is 0.160. The van der Waals surface area contributed by atoms with Gasteiger partial charge >= 0.3 is 0 Å². The van der Waals surface area contributed by atoms with Gasteiger partial charge in [0.2, 0.25) is 0 Å². The van der Waals surface area contributed by atoms with Gasteiger partial charge in [0.15, 0.2) is 5.90 Å². The number of aliphatic hydroxyl groups excluding tert-OH is 1. The fourth-order valence-electron chi connectivity index (χ4n) is 0.501. The van der Waals surface area contributed by atoms with Gasteiger partial charge in [-0.15, -0.1) is 0 Å². The third-order valence-corrected chi connectivity index (χ3v) is 0.799. The Bertz CT molecular complexity index is 91.1. The lowest BCUT2D eigenvalue weighted by Gasteiger charge is -2.05. The molecule has 0 bridgehead atoms. The lowest BCUT2D eigenvalue weighted by atomic mass is 10.3. The molecule has 2 N–H and O–H groups in total. The first kappa shape index (κ1) is 8.43. The molecular formula is C6H13NO2. The van der Waals surface area contributed by atoms with Gasteiger partial charge in [-0.3, -0.25) is 5.41 Å². The van der Waals surface area contributed by atoms with Gasteiger partial charge in [-0.25, -0.2) is 0 Å². The van der Waals surface area contributed by atoms with Crippen molar-refractivity contribution in [3.05, 3.63) is 0 Å². The van der Waals surface area contributed by atoms with Gasteiger partial charge in [0.25, 0.3) is 0 Å². The van der Waals surface area contributed by atoms with Crippen LogP contribution >= 0.6 is 0 Å². The molecule has 0 fully saturated rings.